The summed E-state index contributed by atoms with van der Waals surface area (Å²) >= 11 is 0. The summed E-state index contributed by atoms with van der Waals surface area (Å²) in [7, 11) is 0. The third-order valence-corrected chi connectivity index (χ3v) is 4.42. The van der Waals surface area contributed by atoms with E-state index in [1.165, 1.54) is 0 Å². The van der Waals surface area contributed by atoms with Crippen molar-refractivity contribution in [1.29, 1.82) is 0 Å². The molecule has 5 nitrogen and oxygen atoms in total. The van der Waals surface area contributed by atoms with Crippen LogP contribution in [-0.4, -0.2) is 28.3 Å². The molecule has 124 valence electrons. The number of Topliss-reactive ketones (excluding diaryl/α,β-unsaturated/α-hetero) is 1. The van der Waals surface area contributed by atoms with Crippen LogP contribution in [0.5, 0.6) is 0 Å². The molecular weight excluding hydrogens is 316 g/mol. The first-order chi connectivity index (χ1) is 12.2. The van der Waals surface area contributed by atoms with E-state index in [4.69, 9.17) is 4.74 Å². The number of rotatable bonds is 4. The maximum atomic E-state index is 12.5. The Morgan fingerprint density at radius 2 is 2.08 bits per heavy atom. The van der Waals surface area contributed by atoms with Gasteiger partial charge < -0.3 is 9.72 Å². The second kappa shape index (κ2) is 6.36. The number of aromatic amines is 1. The smallest absolute Gasteiger partial charge is 0.314 e. The summed E-state index contributed by atoms with van der Waals surface area (Å²) in [5.41, 5.74) is 3.09. The highest BCUT2D eigenvalue weighted by Crippen LogP contribution is 2.30. The lowest BCUT2D eigenvalue weighted by Crippen LogP contribution is -2.21. The molecule has 0 saturated heterocycles. The molecule has 0 aliphatic heterocycles. The average Bonchev–Trinajstić information content (AvgIpc) is 3.09. The minimum absolute atomic E-state index is 0.243. The molecule has 1 aliphatic carbocycles. The summed E-state index contributed by atoms with van der Waals surface area (Å²) in [6, 6.07) is 11.3. The summed E-state index contributed by atoms with van der Waals surface area (Å²) in [5, 5.41) is 0.731. The van der Waals surface area contributed by atoms with Gasteiger partial charge in [-0.2, -0.15) is 0 Å². The number of hydrogen-bond acceptors (Lipinski definition) is 4. The van der Waals surface area contributed by atoms with Gasteiger partial charge in [-0.25, -0.2) is 4.98 Å². The first kappa shape index (κ1) is 15.3. The molecule has 0 spiro atoms. The maximum absolute atomic E-state index is 12.5. The van der Waals surface area contributed by atoms with Crippen LogP contribution in [-0.2, 0) is 9.53 Å². The van der Waals surface area contributed by atoms with Gasteiger partial charge in [-0.05, 0) is 29.7 Å². The normalized spacial score (nSPS) is 15.8. The van der Waals surface area contributed by atoms with Crippen molar-refractivity contribution in [1.82, 2.24) is 9.97 Å². The molecule has 0 radical (unpaired) electrons. The van der Waals surface area contributed by atoms with E-state index in [1.807, 2.05) is 42.5 Å². The van der Waals surface area contributed by atoms with Crippen molar-refractivity contribution >= 4 is 28.9 Å². The number of carbonyl (C=O) groups is 2. The van der Waals surface area contributed by atoms with Crippen LogP contribution in [0.15, 0.2) is 54.9 Å². The van der Waals surface area contributed by atoms with Crippen molar-refractivity contribution in [3.05, 3.63) is 71.6 Å². The molecule has 2 aromatic heterocycles. The van der Waals surface area contributed by atoms with Crippen LogP contribution in [0.4, 0.5) is 0 Å². The number of nitrogens with zero attached hydrogens (tertiary/aromatic N) is 1. The predicted molar refractivity (Wildman–Crippen MR) is 94.2 cm³/mol. The lowest BCUT2D eigenvalue weighted by atomic mass is 9.87. The molecule has 3 aromatic rings. The molecule has 2 heterocycles. The van der Waals surface area contributed by atoms with Gasteiger partial charge in [0, 0.05) is 23.3 Å². The summed E-state index contributed by atoms with van der Waals surface area (Å²) < 4.78 is 5.32. The molecule has 4 rings (SSSR count). The Balaban J connectivity index is 1.47. The number of allylic oxidation sites excluding steroid dienone is 1. The van der Waals surface area contributed by atoms with Crippen molar-refractivity contribution in [3.63, 3.8) is 0 Å². The zero-order valence-corrected chi connectivity index (χ0v) is 13.4. The molecule has 5 heteroatoms. The number of fused-ring (bicyclic) bond motifs is 2. The first-order valence-electron chi connectivity index (χ1n) is 8.11. The molecule has 1 N–H and O–H groups in total. The van der Waals surface area contributed by atoms with Gasteiger partial charge in [0.1, 0.15) is 5.65 Å². The third-order valence-electron chi connectivity index (χ3n) is 4.42. The number of nitrogens with one attached hydrogen (secondary N) is 1. The molecule has 1 aliphatic rings. The first-order valence-corrected chi connectivity index (χ1v) is 8.11. The molecular formula is C20H16N2O3. The van der Waals surface area contributed by atoms with E-state index in [0.717, 1.165) is 16.5 Å². The number of carbonyl (C=O) groups excluding carboxylic acids is 2. The van der Waals surface area contributed by atoms with Gasteiger partial charge >= 0.3 is 5.97 Å². The van der Waals surface area contributed by atoms with E-state index in [-0.39, 0.29) is 24.3 Å². The monoisotopic (exact) mass is 332 g/mol. The Labute approximate surface area is 144 Å². The fourth-order valence-corrected chi connectivity index (χ4v) is 3.16. The van der Waals surface area contributed by atoms with Crippen molar-refractivity contribution < 1.29 is 14.3 Å². The van der Waals surface area contributed by atoms with Crippen molar-refractivity contribution in [2.75, 3.05) is 6.61 Å². The highest BCUT2D eigenvalue weighted by atomic mass is 16.5. The zero-order valence-electron chi connectivity index (χ0n) is 13.4. The summed E-state index contributed by atoms with van der Waals surface area (Å²) in [6.07, 6.45) is 7.80. The number of esters is 1. The van der Waals surface area contributed by atoms with Crippen LogP contribution in [0.1, 0.15) is 33.8 Å². The quantitative estimate of drug-likeness (QED) is 0.586. The maximum Gasteiger partial charge on any atom is 0.314 e. The number of hydrogen-bond donors (Lipinski definition) is 1. The molecule has 0 bridgehead atoms. The molecule has 0 fully saturated rings. The van der Waals surface area contributed by atoms with Crippen LogP contribution in [0.2, 0.25) is 0 Å². The average molecular weight is 332 g/mol. The number of ether oxygens (including phenoxy) is 1. The van der Waals surface area contributed by atoms with Gasteiger partial charge in [-0.15, -0.1) is 0 Å². The molecule has 1 aromatic carbocycles. The van der Waals surface area contributed by atoms with Gasteiger partial charge in [-0.3, -0.25) is 9.59 Å². The Hall–Kier alpha value is -3.21. The van der Waals surface area contributed by atoms with Crippen LogP contribution in [0.3, 0.4) is 0 Å². The van der Waals surface area contributed by atoms with E-state index in [0.29, 0.717) is 17.6 Å². The number of ketones is 1. The van der Waals surface area contributed by atoms with Crippen LogP contribution in [0.25, 0.3) is 17.1 Å². The minimum atomic E-state index is -0.372. The zero-order chi connectivity index (χ0) is 17.2. The molecule has 1 atom stereocenters. The van der Waals surface area contributed by atoms with Gasteiger partial charge in [0.15, 0.2) is 6.61 Å². The van der Waals surface area contributed by atoms with Gasteiger partial charge in [0.2, 0.25) is 5.78 Å². The molecule has 25 heavy (non-hydrogen) atoms. The largest absolute Gasteiger partial charge is 0.457 e. The number of aromatic nitrogens is 2. The molecule has 1 unspecified atom stereocenters. The second-order valence-corrected chi connectivity index (χ2v) is 5.95. The van der Waals surface area contributed by atoms with Gasteiger partial charge in [0.25, 0.3) is 0 Å². The van der Waals surface area contributed by atoms with Crippen LogP contribution < -0.4 is 0 Å². The summed E-state index contributed by atoms with van der Waals surface area (Å²) in [5.74, 6) is -0.978. The number of pyridine rings is 1. The van der Waals surface area contributed by atoms with Crippen molar-refractivity contribution in [2.24, 2.45) is 0 Å². The van der Waals surface area contributed by atoms with E-state index in [2.05, 4.69) is 9.97 Å². The van der Waals surface area contributed by atoms with E-state index >= 15 is 0 Å². The highest BCUT2D eigenvalue weighted by molar-refractivity contribution is 6.08. The Bertz CT molecular complexity index is 987. The fraction of sp³-hybridized carbons (Fsp3) is 0.150. The van der Waals surface area contributed by atoms with Gasteiger partial charge in [-0.1, -0.05) is 36.4 Å². The predicted octanol–water partition coefficient (Wildman–Crippen LogP) is 3.49. The van der Waals surface area contributed by atoms with Crippen LogP contribution in [0, 0.1) is 0 Å². The van der Waals surface area contributed by atoms with Crippen molar-refractivity contribution in [2.45, 2.75) is 12.3 Å². The van der Waals surface area contributed by atoms with E-state index in [1.54, 1.807) is 18.5 Å². The standard InChI is InChI=1S/C20H16N2O3/c23-18(17-11-22-19-15(17)9-4-10-21-19)12-25-20(24)16-8-3-6-13-5-1-2-7-14(13)16/h1-7,9-11,16H,8,12H2,(H,21,22). The summed E-state index contributed by atoms with van der Waals surface area (Å²) in [4.78, 5) is 32.0. The summed E-state index contributed by atoms with van der Waals surface area (Å²) in [6.45, 7) is -0.275. The Morgan fingerprint density at radius 3 is 3.00 bits per heavy atom. The van der Waals surface area contributed by atoms with Crippen molar-refractivity contribution in [3.8, 4) is 0 Å². The van der Waals surface area contributed by atoms with Crippen LogP contribution >= 0.6 is 0 Å². The number of H-pyrrole nitrogens is 1. The molecule has 0 saturated carbocycles. The lowest BCUT2D eigenvalue weighted by molar-refractivity contribution is -0.144. The molecule has 0 amide bonds. The van der Waals surface area contributed by atoms with E-state index in [9.17, 15) is 9.59 Å². The third kappa shape index (κ3) is 2.85. The lowest BCUT2D eigenvalue weighted by Gasteiger charge is -2.20. The van der Waals surface area contributed by atoms with Gasteiger partial charge in [0.05, 0.1) is 5.92 Å². The van der Waals surface area contributed by atoms with E-state index < -0.39 is 0 Å². The Morgan fingerprint density at radius 1 is 1.20 bits per heavy atom. The SMILES string of the molecule is O=C(COC(=O)C1CC=Cc2ccccc21)c1c[nH]c2ncccc12. The topological polar surface area (TPSA) is 72.1 Å². The minimum Gasteiger partial charge on any atom is -0.457 e. The Kier molecular flexibility index (Phi) is 3.90. The highest BCUT2D eigenvalue weighted by Gasteiger charge is 2.26. The number of benzene rings is 1. The fourth-order valence-electron chi connectivity index (χ4n) is 3.16. The second-order valence-electron chi connectivity index (χ2n) is 5.95.